The summed E-state index contributed by atoms with van der Waals surface area (Å²) in [5.41, 5.74) is 19.9. The maximum Gasteiger partial charge on any atom is 0.323 e. The Morgan fingerprint density at radius 2 is 1.93 bits per heavy atom. The second kappa shape index (κ2) is 6.20. The van der Waals surface area contributed by atoms with E-state index in [1.54, 1.807) is 0 Å². The molecule has 0 heterocycles. The van der Waals surface area contributed by atoms with Gasteiger partial charge in [-0.15, -0.1) is 0 Å². The number of carboxylic acids is 1. The van der Waals surface area contributed by atoms with Crippen molar-refractivity contribution in [3.8, 4) is 0 Å². The molecule has 15 heavy (non-hydrogen) atoms. The van der Waals surface area contributed by atoms with Gasteiger partial charge in [-0.1, -0.05) is 0 Å². The highest BCUT2D eigenvalue weighted by molar-refractivity contribution is 5.78. The van der Waals surface area contributed by atoms with Crippen LogP contribution in [0.1, 0.15) is 19.3 Å². The third-order valence-corrected chi connectivity index (χ3v) is 2.09. The molecule has 0 radical (unpaired) electrons. The van der Waals surface area contributed by atoms with Crippen LogP contribution in [0.4, 0.5) is 0 Å². The molecule has 0 unspecified atom stereocenters. The first kappa shape index (κ1) is 13.7. The summed E-state index contributed by atoms with van der Waals surface area (Å²) in [6.45, 7) is 0.615. The number of aliphatic imine (C=N–C) groups is 1. The summed E-state index contributed by atoms with van der Waals surface area (Å²) >= 11 is 0. The number of hydrogen-bond acceptors (Lipinski definition) is 4. The average molecular weight is 217 g/mol. The zero-order valence-electron chi connectivity index (χ0n) is 8.65. The Hall–Kier alpha value is -1.34. The van der Waals surface area contributed by atoms with Crippen molar-refractivity contribution in [2.24, 2.45) is 27.9 Å². The van der Waals surface area contributed by atoms with Crippen molar-refractivity contribution >= 4 is 11.9 Å². The summed E-state index contributed by atoms with van der Waals surface area (Å²) in [6, 6.07) is 0. The molecule has 0 aromatic carbocycles. The quantitative estimate of drug-likeness (QED) is 0.192. The molecule has 0 fully saturated rings. The number of rotatable bonds is 7. The monoisotopic (exact) mass is 217 g/mol. The van der Waals surface area contributed by atoms with Crippen LogP contribution in [0, 0.1) is 0 Å². The predicted molar refractivity (Wildman–Crippen MR) is 58.1 cm³/mol. The third kappa shape index (κ3) is 5.18. The Morgan fingerprint density at radius 1 is 1.33 bits per heavy atom. The number of hydrogen-bond donors (Lipinski definition) is 5. The standard InChI is InChI=1S/C8H19N5O2/c9-4-3-8(12,6(14)15)2-1-5-13-7(10)11/h1-5,9,12H2,(H,14,15)(H4,10,11,13)/t8-/m0/s1. The van der Waals surface area contributed by atoms with E-state index < -0.39 is 11.5 Å². The van der Waals surface area contributed by atoms with Gasteiger partial charge in [0.15, 0.2) is 5.96 Å². The number of aliphatic carboxylic acids is 1. The average Bonchev–Trinajstić information content (AvgIpc) is 2.12. The highest BCUT2D eigenvalue weighted by atomic mass is 16.4. The lowest BCUT2D eigenvalue weighted by atomic mass is 9.91. The Balaban J connectivity index is 4.08. The minimum Gasteiger partial charge on any atom is -0.480 e. The Kier molecular flexibility index (Phi) is 5.65. The molecule has 0 aromatic rings. The molecule has 0 aliphatic rings. The van der Waals surface area contributed by atoms with Gasteiger partial charge in [0, 0.05) is 6.54 Å². The number of carboxylic acid groups (broad SMARTS) is 1. The van der Waals surface area contributed by atoms with Gasteiger partial charge in [0.1, 0.15) is 5.54 Å². The summed E-state index contributed by atoms with van der Waals surface area (Å²) < 4.78 is 0. The van der Waals surface area contributed by atoms with Gasteiger partial charge in [0.05, 0.1) is 0 Å². The summed E-state index contributed by atoms with van der Waals surface area (Å²) in [5, 5.41) is 8.91. The molecule has 0 aliphatic heterocycles. The Bertz CT molecular complexity index is 239. The molecule has 7 heteroatoms. The first-order chi connectivity index (χ1) is 6.92. The molecule has 0 saturated carbocycles. The highest BCUT2D eigenvalue weighted by Crippen LogP contribution is 2.14. The second-order valence-electron chi connectivity index (χ2n) is 3.41. The van der Waals surface area contributed by atoms with Crippen molar-refractivity contribution in [3.63, 3.8) is 0 Å². The van der Waals surface area contributed by atoms with Crippen molar-refractivity contribution < 1.29 is 9.90 Å². The summed E-state index contributed by atoms with van der Waals surface area (Å²) in [5.74, 6) is -1.05. The molecular formula is C8H19N5O2. The zero-order chi connectivity index (χ0) is 11.9. The fourth-order valence-corrected chi connectivity index (χ4v) is 1.20. The van der Waals surface area contributed by atoms with E-state index in [1.807, 2.05) is 0 Å². The van der Waals surface area contributed by atoms with Crippen LogP contribution in [-0.4, -0.2) is 35.7 Å². The lowest BCUT2D eigenvalue weighted by Gasteiger charge is -2.23. The van der Waals surface area contributed by atoms with Crippen LogP contribution in [0.5, 0.6) is 0 Å². The van der Waals surface area contributed by atoms with Crippen LogP contribution in [0.15, 0.2) is 4.99 Å². The van der Waals surface area contributed by atoms with E-state index in [1.165, 1.54) is 0 Å². The zero-order valence-corrected chi connectivity index (χ0v) is 8.65. The van der Waals surface area contributed by atoms with E-state index in [-0.39, 0.29) is 18.9 Å². The van der Waals surface area contributed by atoms with Crippen molar-refractivity contribution in [3.05, 3.63) is 0 Å². The number of guanidine groups is 1. The van der Waals surface area contributed by atoms with Gasteiger partial charge in [-0.25, -0.2) is 0 Å². The number of carbonyl (C=O) groups is 1. The van der Waals surface area contributed by atoms with Crippen LogP contribution in [0.2, 0.25) is 0 Å². The van der Waals surface area contributed by atoms with Crippen LogP contribution in [0.25, 0.3) is 0 Å². The van der Waals surface area contributed by atoms with Gasteiger partial charge in [-0.2, -0.15) is 0 Å². The molecule has 0 aromatic heterocycles. The maximum absolute atomic E-state index is 10.9. The molecule has 0 bridgehead atoms. The van der Waals surface area contributed by atoms with E-state index >= 15 is 0 Å². The first-order valence-corrected chi connectivity index (χ1v) is 4.70. The minimum absolute atomic E-state index is 0.00762. The van der Waals surface area contributed by atoms with E-state index in [9.17, 15) is 4.79 Å². The lowest BCUT2D eigenvalue weighted by Crippen LogP contribution is -2.49. The van der Waals surface area contributed by atoms with Gasteiger partial charge in [0.25, 0.3) is 0 Å². The topological polar surface area (TPSA) is 154 Å². The van der Waals surface area contributed by atoms with Gasteiger partial charge in [0.2, 0.25) is 0 Å². The first-order valence-electron chi connectivity index (χ1n) is 4.70. The van der Waals surface area contributed by atoms with E-state index in [0.717, 1.165) is 0 Å². The SMILES string of the molecule is NCC[C@@](N)(CCCN=C(N)N)C(=O)O. The molecule has 0 aliphatic carbocycles. The molecule has 1 atom stereocenters. The smallest absolute Gasteiger partial charge is 0.323 e. The van der Waals surface area contributed by atoms with Crippen LogP contribution in [0.3, 0.4) is 0 Å². The molecule has 0 saturated heterocycles. The minimum atomic E-state index is -1.27. The van der Waals surface area contributed by atoms with E-state index in [2.05, 4.69) is 4.99 Å². The van der Waals surface area contributed by atoms with E-state index in [0.29, 0.717) is 19.4 Å². The van der Waals surface area contributed by atoms with Crippen LogP contribution < -0.4 is 22.9 Å². The Labute approximate surface area is 88.5 Å². The fourth-order valence-electron chi connectivity index (χ4n) is 1.20. The lowest BCUT2D eigenvalue weighted by molar-refractivity contribution is -0.143. The van der Waals surface area contributed by atoms with Gasteiger partial charge in [-0.05, 0) is 25.8 Å². The second-order valence-corrected chi connectivity index (χ2v) is 3.41. The molecule has 0 rings (SSSR count). The molecule has 0 amide bonds. The predicted octanol–water partition coefficient (Wildman–Crippen LogP) is -1.83. The number of nitrogens with two attached hydrogens (primary N) is 4. The molecular weight excluding hydrogens is 198 g/mol. The van der Waals surface area contributed by atoms with Crippen LogP contribution >= 0.6 is 0 Å². The highest BCUT2D eigenvalue weighted by Gasteiger charge is 2.32. The normalized spacial score (nSPS) is 14.3. The number of nitrogens with zero attached hydrogens (tertiary/aromatic N) is 1. The molecule has 7 nitrogen and oxygen atoms in total. The largest absolute Gasteiger partial charge is 0.480 e. The molecule has 0 spiro atoms. The van der Waals surface area contributed by atoms with Gasteiger partial charge >= 0.3 is 5.97 Å². The van der Waals surface area contributed by atoms with E-state index in [4.69, 9.17) is 28.0 Å². The van der Waals surface area contributed by atoms with Crippen molar-refractivity contribution in [2.45, 2.75) is 24.8 Å². The third-order valence-electron chi connectivity index (χ3n) is 2.09. The Morgan fingerprint density at radius 3 is 2.33 bits per heavy atom. The van der Waals surface area contributed by atoms with Crippen molar-refractivity contribution in [2.75, 3.05) is 13.1 Å². The van der Waals surface area contributed by atoms with Crippen molar-refractivity contribution in [1.82, 2.24) is 0 Å². The summed E-state index contributed by atoms with van der Waals surface area (Å²) in [7, 11) is 0. The van der Waals surface area contributed by atoms with Gasteiger partial charge < -0.3 is 28.0 Å². The van der Waals surface area contributed by atoms with Crippen molar-refractivity contribution in [1.29, 1.82) is 0 Å². The fraction of sp³-hybridized carbons (Fsp3) is 0.750. The molecule has 88 valence electrons. The summed E-state index contributed by atoms with van der Waals surface area (Å²) in [6.07, 6.45) is 1.06. The maximum atomic E-state index is 10.9. The van der Waals surface area contributed by atoms with Gasteiger partial charge in [-0.3, -0.25) is 9.79 Å². The summed E-state index contributed by atoms with van der Waals surface area (Å²) in [4.78, 5) is 14.6. The van der Waals surface area contributed by atoms with Crippen LogP contribution in [-0.2, 0) is 4.79 Å². The molecule has 9 N–H and O–H groups in total.